The molecule has 6 rings (SSSR count). The molecule has 3 N–H and O–H groups in total. The molecule has 0 radical (unpaired) electrons. The van der Waals surface area contributed by atoms with Crippen molar-refractivity contribution in [2.24, 2.45) is 56.2 Å². The first-order valence-corrected chi connectivity index (χ1v) is 21.0. The summed E-state index contributed by atoms with van der Waals surface area (Å²) in [5.74, 6) is -0.0675. The molecule has 0 aromatic carbocycles. The zero-order valence-electron chi connectivity index (χ0n) is 34.8. The number of Topliss-reactive ketones (excluding diaryl/α,β-unsaturated/α-hetero) is 1. The number of halogens is 1. The van der Waals surface area contributed by atoms with E-state index in [1.807, 2.05) is 12.1 Å². The zero-order chi connectivity index (χ0) is 40.0. The van der Waals surface area contributed by atoms with E-state index in [9.17, 15) is 24.6 Å². The van der Waals surface area contributed by atoms with Crippen LogP contribution < -0.4 is 5.32 Å². The number of aromatic nitrogens is 1. The van der Waals surface area contributed by atoms with Crippen LogP contribution in [0.2, 0.25) is 5.02 Å². The summed E-state index contributed by atoms with van der Waals surface area (Å²) < 4.78 is 6.17. The lowest BCUT2D eigenvalue weighted by atomic mass is 9.33. The van der Waals surface area contributed by atoms with Crippen molar-refractivity contribution in [1.82, 2.24) is 10.3 Å². The zero-order valence-corrected chi connectivity index (χ0v) is 35.6. The van der Waals surface area contributed by atoms with Crippen molar-refractivity contribution in [3.63, 3.8) is 0 Å². The highest BCUT2D eigenvalue weighted by Crippen LogP contribution is 2.77. The molecule has 0 amide bonds. The maximum atomic E-state index is 14.1. The Morgan fingerprint density at radius 1 is 0.963 bits per heavy atom. The number of hydrogen-bond donors (Lipinski definition) is 3. The van der Waals surface area contributed by atoms with E-state index in [2.05, 4.69) is 72.6 Å². The van der Waals surface area contributed by atoms with Crippen LogP contribution in [0.1, 0.15) is 146 Å². The first kappa shape index (κ1) is 41.3. The lowest BCUT2D eigenvalue weighted by molar-refractivity contribution is -0.235. The number of rotatable bonds is 10. The van der Waals surface area contributed by atoms with Gasteiger partial charge in [0.2, 0.25) is 0 Å². The van der Waals surface area contributed by atoms with Crippen molar-refractivity contribution in [3.8, 4) is 0 Å². The van der Waals surface area contributed by atoms with Crippen LogP contribution in [-0.2, 0) is 24.7 Å². The van der Waals surface area contributed by atoms with Gasteiger partial charge in [0.1, 0.15) is 6.10 Å². The second kappa shape index (κ2) is 13.7. The monoisotopic (exact) mass is 766 g/mol. The number of allylic oxidation sites excluding steroid dienone is 1. The molecule has 8 nitrogen and oxygen atoms in total. The van der Waals surface area contributed by atoms with Gasteiger partial charge in [-0.2, -0.15) is 0 Å². The average Bonchev–Trinajstić information content (AvgIpc) is 3.38. The van der Waals surface area contributed by atoms with E-state index in [1.165, 1.54) is 5.57 Å². The van der Waals surface area contributed by atoms with E-state index < -0.39 is 34.4 Å². The molecule has 4 fully saturated rings. The summed E-state index contributed by atoms with van der Waals surface area (Å²) in [6.45, 7) is 24.1. The summed E-state index contributed by atoms with van der Waals surface area (Å²) in [5, 5.41) is 26.2. The summed E-state index contributed by atoms with van der Waals surface area (Å²) >= 11 is 6.13. The second-order valence-corrected chi connectivity index (χ2v) is 21.4. The number of pyridine rings is 1. The average molecular weight is 767 g/mol. The normalized spacial score (nSPS) is 36.9. The molecule has 5 aliphatic rings. The molecule has 1 aromatic rings. The molecule has 0 saturated heterocycles. The van der Waals surface area contributed by atoms with Crippen molar-refractivity contribution in [2.45, 2.75) is 158 Å². The summed E-state index contributed by atoms with van der Waals surface area (Å²) in [6.07, 6.45) is 8.59. The summed E-state index contributed by atoms with van der Waals surface area (Å²) in [4.78, 5) is 43.6. The number of esters is 1. The minimum atomic E-state index is -1.17. The number of aliphatic carboxylic acids is 1. The highest BCUT2D eigenvalue weighted by molar-refractivity contribution is 6.30. The predicted octanol–water partition coefficient (Wildman–Crippen LogP) is 9.31. The van der Waals surface area contributed by atoms with E-state index in [4.69, 9.17) is 16.3 Å². The number of carbonyl (C=O) groups is 3. The Bertz CT molecular complexity index is 1700. The molecule has 300 valence electrons. The first-order valence-electron chi connectivity index (χ1n) is 20.6. The fourth-order valence-corrected chi connectivity index (χ4v) is 13.4. The summed E-state index contributed by atoms with van der Waals surface area (Å²) in [6, 6.07) is 3.76. The molecular formula is C45H67ClN2O6. The number of carboxylic acids is 1. The highest BCUT2D eigenvalue weighted by Gasteiger charge is 2.70. The number of nitrogens with zero attached hydrogens (tertiary/aromatic N) is 1. The minimum absolute atomic E-state index is 0.0323. The number of fused-ring (bicyclic) bond motifs is 7. The van der Waals surface area contributed by atoms with E-state index in [0.29, 0.717) is 29.8 Å². The van der Waals surface area contributed by atoms with Crippen LogP contribution in [0.3, 0.4) is 0 Å². The fourth-order valence-electron chi connectivity index (χ4n) is 13.3. The molecule has 9 heteroatoms. The van der Waals surface area contributed by atoms with E-state index in [1.54, 1.807) is 20.0 Å². The summed E-state index contributed by atoms with van der Waals surface area (Å²) in [5.41, 5.74) is 0.618. The first-order chi connectivity index (χ1) is 24.9. The summed E-state index contributed by atoms with van der Waals surface area (Å²) in [7, 11) is 0. The second-order valence-electron chi connectivity index (χ2n) is 20.9. The van der Waals surface area contributed by atoms with Crippen LogP contribution >= 0.6 is 11.6 Å². The Balaban J connectivity index is 1.27. The molecule has 0 bridgehead atoms. The topological polar surface area (TPSA) is 126 Å². The van der Waals surface area contributed by atoms with Crippen molar-refractivity contribution in [1.29, 1.82) is 0 Å². The molecule has 0 spiro atoms. The Labute approximate surface area is 329 Å². The fraction of sp³-hybridized carbons (Fsp3) is 0.778. The number of hydrogen-bond acceptors (Lipinski definition) is 7. The van der Waals surface area contributed by atoms with Gasteiger partial charge in [-0.25, -0.2) is 0 Å². The van der Waals surface area contributed by atoms with Crippen LogP contribution in [0.4, 0.5) is 0 Å². The standard InChI is InChI=1S/C45H67ClN2O6/c1-26(2)36-29(49)22-45(33(50)25-48-41(7,8)32-15-12-27(46)24-47-32)21-20-43(10)28(37(36)45)13-14-31-42(9)18-17-34(54-35(51)23-39(3,4)38(52)53)40(5,6)30(42)16-19-44(31,43)11/h12,15,24,26,28,30-31,33-34,48,50H,13-14,16-23,25H2,1-11H3,(H,52,53). The number of aliphatic hydroxyl groups is 1. The van der Waals surface area contributed by atoms with E-state index in [0.717, 1.165) is 62.6 Å². The Morgan fingerprint density at radius 3 is 2.26 bits per heavy atom. The maximum absolute atomic E-state index is 14.1. The maximum Gasteiger partial charge on any atom is 0.309 e. The molecule has 9 atom stereocenters. The number of ether oxygens (including phenoxy) is 1. The van der Waals surface area contributed by atoms with Gasteiger partial charge in [0, 0.05) is 30.0 Å². The Morgan fingerprint density at radius 2 is 1.65 bits per heavy atom. The van der Waals surface area contributed by atoms with Crippen molar-refractivity contribution < 1.29 is 29.3 Å². The van der Waals surface area contributed by atoms with Crippen LogP contribution in [0.15, 0.2) is 29.5 Å². The quantitative estimate of drug-likeness (QED) is 0.201. The Hall–Kier alpha value is -2.29. The number of ketones is 1. The predicted molar refractivity (Wildman–Crippen MR) is 212 cm³/mol. The lowest BCUT2D eigenvalue weighted by Crippen LogP contribution is -2.66. The lowest BCUT2D eigenvalue weighted by Gasteiger charge is -2.72. The van der Waals surface area contributed by atoms with Gasteiger partial charge in [-0.1, -0.05) is 65.6 Å². The van der Waals surface area contributed by atoms with E-state index >= 15 is 0 Å². The van der Waals surface area contributed by atoms with Gasteiger partial charge < -0.3 is 20.3 Å². The van der Waals surface area contributed by atoms with Crippen LogP contribution in [0, 0.1) is 56.2 Å². The largest absolute Gasteiger partial charge is 0.481 e. The van der Waals surface area contributed by atoms with Crippen molar-refractivity contribution in [3.05, 3.63) is 40.2 Å². The molecular weight excluding hydrogens is 700 g/mol. The van der Waals surface area contributed by atoms with Gasteiger partial charge in [0.15, 0.2) is 5.78 Å². The number of carbonyl (C=O) groups excluding carboxylic acids is 2. The SMILES string of the molecule is CC(C)C1=C2C3CCC4C5(C)CCC(OC(=O)CC(C)(C)C(=O)O)C(C)(C)C5CCC4(C)C3(C)CCC2(C(O)CNC(C)(C)c2ccc(Cl)cn2)CC1=O. The van der Waals surface area contributed by atoms with Gasteiger partial charge >= 0.3 is 11.9 Å². The smallest absolute Gasteiger partial charge is 0.309 e. The molecule has 0 aliphatic heterocycles. The minimum Gasteiger partial charge on any atom is -0.481 e. The third-order valence-corrected chi connectivity index (χ3v) is 16.8. The Kier molecular flexibility index (Phi) is 10.5. The molecule has 1 heterocycles. The molecule has 54 heavy (non-hydrogen) atoms. The number of aliphatic hydroxyl groups excluding tert-OH is 1. The third kappa shape index (κ3) is 6.31. The molecule has 4 saturated carbocycles. The molecule has 9 unspecified atom stereocenters. The van der Waals surface area contributed by atoms with Gasteiger partial charge in [-0.3, -0.25) is 19.4 Å². The van der Waals surface area contributed by atoms with Crippen LogP contribution in [0.5, 0.6) is 0 Å². The van der Waals surface area contributed by atoms with Crippen LogP contribution in [-0.4, -0.2) is 51.7 Å². The van der Waals surface area contributed by atoms with Gasteiger partial charge in [0.25, 0.3) is 0 Å². The van der Waals surface area contributed by atoms with Crippen molar-refractivity contribution in [2.75, 3.05) is 6.54 Å². The van der Waals surface area contributed by atoms with Gasteiger partial charge in [-0.05, 0) is 137 Å². The number of nitrogens with one attached hydrogen (secondary N) is 1. The molecule has 5 aliphatic carbocycles. The van der Waals surface area contributed by atoms with Crippen LogP contribution in [0.25, 0.3) is 0 Å². The third-order valence-electron chi connectivity index (χ3n) is 16.6. The van der Waals surface area contributed by atoms with Crippen molar-refractivity contribution >= 4 is 29.3 Å². The van der Waals surface area contributed by atoms with Gasteiger partial charge in [0.05, 0.1) is 34.2 Å². The number of carboxylic acid groups (broad SMARTS) is 1. The van der Waals surface area contributed by atoms with Gasteiger partial charge in [-0.15, -0.1) is 0 Å². The highest BCUT2D eigenvalue weighted by atomic mass is 35.5. The molecule has 1 aromatic heterocycles. The van der Waals surface area contributed by atoms with E-state index in [-0.39, 0.29) is 51.8 Å².